The summed E-state index contributed by atoms with van der Waals surface area (Å²) >= 11 is 0. The molecule has 3 aromatic carbocycles. The highest BCUT2D eigenvalue weighted by Gasteiger charge is 2.33. The van der Waals surface area contributed by atoms with Gasteiger partial charge < -0.3 is 24.4 Å². The number of benzene rings is 3. The van der Waals surface area contributed by atoms with E-state index in [1.807, 2.05) is 72.8 Å². The summed E-state index contributed by atoms with van der Waals surface area (Å²) in [4.78, 5) is 40.7. The summed E-state index contributed by atoms with van der Waals surface area (Å²) in [6, 6.07) is 23.3. The van der Waals surface area contributed by atoms with Crippen molar-refractivity contribution >= 4 is 29.3 Å². The monoisotopic (exact) mass is 557 g/mol. The first-order valence-corrected chi connectivity index (χ1v) is 14.0. The van der Waals surface area contributed by atoms with Gasteiger partial charge in [0, 0.05) is 32.1 Å². The van der Waals surface area contributed by atoms with Gasteiger partial charge in [0.25, 0.3) is 0 Å². The van der Waals surface area contributed by atoms with Gasteiger partial charge in [-0.15, -0.1) is 0 Å². The fraction of sp³-hybridized carbons (Fsp3) is 0.344. The van der Waals surface area contributed by atoms with Gasteiger partial charge >= 0.3 is 12.1 Å². The Balaban J connectivity index is 1.36. The Morgan fingerprint density at radius 3 is 2.39 bits per heavy atom. The predicted molar refractivity (Wildman–Crippen MR) is 156 cm³/mol. The van der Waals surface area contributed by atoms with Crippen LogP contribution in [-0.4, -0.2) is 60.8 Å². The zero-order chi connectivity index (χ0) is 28.6. The summed E-state index contributed by atoms with van der Waals surface area (Å²) in [5.41, 5.74) is 5.16. The van der Waals surface area contributed by atoms with Gasteiger partial charge in [-0.2, -0.15) is 0 Å². The molecular weight excluding hydrogens is 522 g/mol. The van der Waals surface area contributed by atoms with Gasteiger partial charge in [-0.3, -0.25) is 14.9 Å². The lowest BCUT2D eigenvalue weighted by Crippen LogP contribution is -2.36. The zero-order valence-electron chi connectivity index (χ0n) is 23.0. The van der Waals surface area contributed by atoms with E-state index in [2.05, 4.69) is 10.2 Å². The number of carbonyl (C=O) groups excluding carboxylic acids is 2. The molecule has 0 aromatic heterocycles. The standard InChI is InChI=1S/C32H35N3O6/c36-30(37)13-14-35(31(38)25-9-10-25)21-24-7-4-8-26(19-24)27-11-12-29(34-15-17-40-18-16-34)28(20-27)33-32(39)41-22-23-5-2-1-3-6-23/h1-8,11-12,19-20,25H,9-10,13-18,21-22H2,(H,33,39)(H,36,37). The number of rotatable bonds is 11. The highest BCUT2D eigenvalue weighted by Crippen LogP contribution is 2.34. The summed E-state index contributed by atoms with van der Waals surface area (Å²) in [5.74, 6) is -0.892. The third-order valence-electron chi connectivity index (χ3n) is 7.27. The van der Waals surface area contributed by atoms with Crippen LogP contribution in [0.3, 0.4) is 0 Å². The molecule has 0 bridgehead atoms. The molecule has 2 amide bonds. The lowest BCUT2D eigenvalue weighted by Gasteiger charge is -2.30. The summed E-state index contributed by atoms with van der Waals surface area (Å²) in [6.45, 7) is 3.34. The highest BCUT2D eigenvalue weighted by molar-refractivity contribution is 5.92. The second kappa shape index (κ2) is 13.3. The number of nitrogens with zero attached hydrogens (tertiary/aromatic N) is 2. The van der Waals surface area contributed by atoms with Crippen LogP contribution < -0.4 is 10.2 Å². The molecule has 5 rings (SSSR count). The van der Waals surface area contributed by atoms with E-state index in [1.165, 1.54) is 0 Å². The van der Waals surface area contributed by atoms with Gasteiger partial charge in [0.05, 0.1) is 31.0 Å². The summed E-state index contributed by atoms with van der Waals surface area (Å²) < 4.78 is 11.0. The van der Waals surface area contributed by atoms with Crippen molar-refractivity contribution in [2.45, 2.75) is 32.4 Å². The van der Waals surface area contributed by atoms with Crippen molar-refractivity contribution in [1.82, 2.24) is 4.90 Å². The molecule has 1 saturated heterocycles. The minimum absolute atomic E-state index is 0.00925. The molecule has 2 N–H and O–H groups in total. The van der Waals surface area contributed by atoms with Crippen molar-refractivity contribution in [2.75, 3.05) is 43.1 Å². The molecule has 9 heteroatoms. The smallest absolute Gasteiger partial charge is 0.412 e. The Bertz CT molecular complexity index is 1370. The number of carboxylic acids is 1. The first-order valence-electron chi connectivity index (χ1n) is 14.0. The molecule has 1 saturated carbocycles. The van der Waals surface area contributed by atoms with E-state index in [-0.39, 0.29) is 31.4 Å². The maximum absolute atomic E-state index is 12.8. The number of carboxylic acid groups (broad SMARTS) is 1. The molecule has 1 aliphatic heterocycles. The van der Waals surface area contributed by atoms with Crippen LogP contribution in [-0.2, 0) is 32.2 Å². The van der Waals surface area contributed by atoms with E-state index in [0.29, 0.717) is 38.5 Å². The fourth-order valence-electron chi connectivity index (χ4n) is 4.92. The maximum Gasteiger partial charge on any atom is 0.412 e. The summed E-state index contributed by atoms with van der Waals surface area (Å²) in [6.07, 6.45) is 1.10. The SMILES string of the molecule is O=C(O)CCN(Cc1cccc(-c2ccc(N3CCOCC3)c(NC(=O)OCc3ccccc3)c2)c1)C(=O)C1CC1. The normalized spacial score (nSPS) is 14.8. The van der Waals surface area contributed by atoms with Crippen molar-refractivity contribution in [3.63, 3.8) is 0 Å². The number of morpholine rings is 1. The van der Waals surface area contributed by atoms with Crippen LogP contribution in [0.1, 0.15) is 30.4 Å². The van der Waals surface area contributed by atoms with Crippen molar-refractivity contribution in [1.29, 1.82) is 0 Å². The van der Waals surface area contributed by atoms with Crippen molar-refractivity contribution in [3.8, 4) is 11.1 Å². The van der Waals surface area contributed by atoms with E-state index in [1.54, 1.807) is 4.90 Å². The number of hydrogen-bond acceptors (Lipinski definition) is 6. The van der Waals surface area contributed by atoms with Crippen LogP contribution in [0.25, 0.3) is 11.1 Å². The first-order chi connectivity index (χ1) is 20.0. The average molecular weight is 558 g/mol. The molecule has 0 unspecified atom stereocenters. The van der Waals surface area contributed by atoms with Gasteiger partial charge in [-0.25, -0.2) is 4.79 Å². The number of anilines is 2. The van der Waals surface area contributed by atoms with E-state index >= 15 is 0 Å². The zero-order valence-corrected chi connectivity index (χ0v) is 23.0. The third-order valence-corrected chi connectivity index (χ3v) is 7.27. The minimum Gasteiger partial charge on any atom is -0.481 e. The number of amides is 2. The van der Waals surface area contributed by atoms with Crippen molar-refractivity contribution in [2.24, 2.45) is 5.92 Å². The lowest BCUT2D eigenvalue weighted by atomic mass is 10.0. The van der Waals surface area contributed by atoms with Crippen LogP contribution in [0.4, 0.5) is 16.2 Å². The minimum atomic E-state index is -0.921. The van der Waals surface area contributed by atoms with Crippen LogP contribution in [0.2, 0.25) is 0 Å². The summed E-state index contributed by atoms with van der Waals surface area (Å²) in [7, 11) is 0. The van der Waals surface area contributed by atoms with Gasteiger partial charge in [0.1, 0.15) is 6.61 Å². The number of ether oxygens (including phenoxy) is 2. The third kappa shape index (κ3) is 7.85. The molecule has 214 valence electrons. The van der Waals surface area contributed by atoms with Crippen molar-refractivity contribution < 1.29 is 29.0 Å². The molecule has 2 aliphatic rings. The van der Waals surface area contributed by atoms with Gasteiger partial charge in [-0.05, 0) is 53.3 Å². The van der Waals surface area contributed by atoms with E-state index in [4.69, 9.17) is 14.6 Å². The second-order valence-corrected chi connectivity index (χ2v) is 10.4. The highest BCUT2D eigenvalue weighted by atomic mass is 16.5. The van der Waals surface area contributed by atoms with Gasteiger partial charge in [0.2, 0.25) is 5.91 Å². The molecular formula is C32H35N3O6. The van der Waals surface area contributed by atoms with Crippen molar-refractivity contribution in [3.05, 3.63) is 83.9 Å². The fourth-order valence-corrected chi connectivity index (χ4v) is 4.92. The van der Waals surface area contributed by atoms with Gasteiger partial charge in [-0.1, -0.05) is 54.6 Å². The molecule has 0 spiro atoms. The number of carbonyl (C=O) groups is 3. The predicted octanol–water partition coefficient (Wildman–Crippen LogP) is 5.15. The number of nitrogens with one attached hydrogen (secondary N) is 1. The van der Waals surface area contributed by atoms with E-state index in [0.717, 1.165) is 40.8 Å². The summed E-state index contributed by atoms with van der Waals surface area (Å²) in [5, 5.41) is 12.1. The molecule has 3 aromatic rings. The first kappa shape index (κ1) is 28.2. The van der Waals surface area contributed by atoms with Crippen LogP contribution >= 0.6 is 0 Å². The second-order valence-electron chi connectivity index (χ2n) is 10.4. The molecule has 1 heterocycles. The van der Waals surface area contributed by atoms with Crippen LogP contribution in [0.5, 0.6) is 0 Å². The Hall–Kier alpha value is -4.37. The molecule has 0 atom stereocenters. The van der Waals surface area contributed by atoms with E-state index in [9.17, 15) is 14.4 Å². The Kier molecular flexibility index (Phi) is 9.15. The Labute approximate surface area is 239 Å². The molecule has 9 nitrogen and oxygen atoms in total. The molecule has 1 aliphatic carbocycles. The molecule has 0 radical (unpaired) electrons. The van der Waals surface area contributed by atoms with Gasteiger partial charge in [0.15, 0.2) is 0 Å². The largest absolute Gasteiger partial charge is 0.481 e. The van der Waals surface area contributed by atoms with E-state index < -0.39 is 12.1 Å². The number of aliphatic carboxylic acids is 1. The molecule has 2 fully saturated rings. The average Bonchev–Trinajstić information content (AvgIpc) is 3.85. The quantitative estimate of drug-likeness (QED) is 0.336. The Morgan fingerprint density at radius 2 is 1.66 bits per heavy atom. The number of hydrogen-bond donors (Lipinski definition) is 2. The van der Waals surface area contributed by atoms with Crippen LogP contribution in [0, 0.1) is 5.92 Å². The molecule has 41 heavy (non-hydrogen) atoms. The van der Waals surface area contributed by atoms with Crippen LogP contribution in [0.15, 0.2) is 72.8 Å². The Morgan fingerprint density at radius 1 is 0.927 bits per heavy atom. The topological polar surface area (TPSA) is 108 Å². The maximum atomic E-state index is 12.8. The lowest BCUT2D eigenvalue weighted by molar-refractivity contribution is -0.139.